The summed E-state index contributed by atoms with van der Waals surface area (Å²) in [5, 5.41) is 11.5. The highest BCUT2D eigenvalue weighted by Crippen LogP contribution is 2.15. The van der Waals surface area contributed by atoms with Crippen LogP contribution in [-0.2, 0) is 13.2 Å². The zero-order valence-corrected chi connectivity index (χ0v) is 9.08. The van der Waals surface area contributed by atoms with Crippen molar-refractivity contribution in [1.29, 1.82) is 0 Å². The van der Waals surface area contributed by atoms with Crippen molar-refractivity contribution >= 4 is 0 Å². The lowest BCUT2D eigenvalue weighted by molar-refractivity contribution is 0.280. The van der Waals surface area contributed by atoms with Gasteiger partial charge in [-0.05, 0) is 17.3 Å². The van der Waals surface area contributed by atoms with E-state index in [1.807, 2.05) is 0 Å². The third-order valence-electron chi connectivity index (χ3n) is 2.02. The third-order valence-corrected chi connectivity index (χ3v) is 2.02. The molecule has 0 aliphatic rings. The lowest BCUT2D eigenvalue weighted by atomic mass is 10.3. The Balaban J connectivity index is 1.95. The van der Waals surface area contributed by atoms with E-state index >= 15 is 0 Å². The predicted molar refractivity (Wildman–Crippen MR) is 57.6 cm³/mol. The van der Waals surface area contributed by atoms with Gasteiger partial charge in [0.25, 0.3) is 0 Å². The number of ether oxygens (including phenoxy) is 1. The second kappa shape index (κ2) is 5.35. The van der Waals surface area contributed by atoms with E-state index in [0.717, 1.165) is 0 Å². The van der Waals surface area contributed by atoms with Crippen LogP contribution in [0.5, 0.6) is 5.75 Å². The summed E-state index contributed by atoms with van der Waals surface area (Å²) >= 11 is 0. The SMILES string of the molecule is NCCn1nnc(COc2ccccc2F)n1. The van der Waals surface area contributed by atoms with Crippen LogP contribution in [0.4, 0.5) is 4.39 Å². The van der Waals surface area contributed by atoms with Gasteiger partial charge in [0.2, 0.25) is 5.82 Å². The first kappa shape index (κ1) is 11.5. The molecule has 0 atom stereocenters. The number of rotatable bonds is 5. The molecule has 0 saturated heterocycles. The van der Waals surface area contributed by atoms with Crippen molar-refractivity contribution in [3.8, 4) is 5.75 Å². The molecule has 0 bridgehead atoms. The molecule has 0 aliphatic heterocycles. The molecule has 90 valence electrons. The minimum Gasteiger partial charge on any atom is -0.482 e. The number of halogens is 1. The molecule has 6 nitrogen and oxygen atoms in total. The van der Waals surface area contributed by atoms with Crippen molar-refractivity contribution in [1.82, 2.24) is 20.2 Å². The number of tetrazole rings is 1. The van der Waals surface area contributed by atoms with Gasteiger partial charge in [-0.25, -0.2) is 4.39 Å². The molecule has 0 unspecified atom stereocenters. The number of hydrogen-bond donors (Lipinski definition) is 1. The molecule has 0 aliphatic carbocycles. The van der Waals surface area contributed by atoms with Crippen LogP contribution in [0.3, 0.4) is 0 Å². The van der Waals surface area contributed by atoms with E-state index in [0.29, 0.717) is 18.9 Å². The fourth-order valence-corrected chi connectivity index (χ4v) is 1.25. The van der Waals surface area contributed by atoms with E-state index in [-0.39, 0.29) is 12.4 Å². The largest absolute Gasteiger partial charge is 0.482 e. The molecule has 0 amide bonds. The van der Waals surface area contributed by atoms with Crippen LogP contribution in [0.25, 0.3) is 0 Å². The molecular formula is C10H12FN5O. The Morgan fingerprint density at radius 2 is 2.18 bits per heavy atom. The Morgan fingerprint density at radius 1 is 1.35 bits per heavy atom. The van der Waals surface area contributed by atoms with Gasteiger partial charge in [0.15, 0.2) is 18.2 Å². The van der Waals surface area contributed by atoms with Crippen LogP contribution in [0.2, 0.25) is 0 Å². The summed E-state index contributed by atoms with van der Waals surface area (Å²) in [6, 6.07) is 6.16. The van der Waals surface area contributed by atoms with Crippen LogP contribution >= 0.6 is 0 Å². The number of benzene rings is 1. The standard InChI is InChI=1S/C10H12FN5O/c11-8-3-1-2-4-9(8)17-7-10-13-15-16(14-10)6-5-12/h1-4H,5-7,12H2. The Morgan fingerprint density at radius 3 is 2.94 bits per heavy atom. The molecule has 2 aromatic rings. The molecule has 2 N–H and O–H groups in total. The summed E-state index contributed by atoms with van der Waals surface area (Å²) < 4.78 is 18.4. The fourth-order valence-electron chi connectivity index (χ4n) is 1.25. The van der Waals surface area contributed by atoms with Gasteiger partial charge in [-0.2, -0.15) is 4.80 Å². The van der Waals surface area contributed by atoms with E-state index in [9.17, 15) is 4.39 Å². The lowest BCUT2D eigenvalue weighted by Crippen LogP contribution is -2.12. The van der Waals surface area contributed by atoms with E-state index in [1.54, 1.807) is 18.2 Å². The molecule has 2 rings (SSSR count). The average Bonchev–Trinajstić information content (AvgIpc) is 2.76. The average molecular weight is 237 g/mol. The molecule has 0 radical (unpaired) electrons. The van der Waals surface area contributed by atoms with Crippen molar-refractivity contribution in [2.45, 2.75) is 13.2 Å². The molecule has 17 heavy (non-hydrogen) atoms. The maximum Gasteiger partial charge on any atom is 0.212 e. The molecule has 0 fully saturated rings. The molecular weight excluding hydrogens is 225 g/mol. The Labute approximate surface area is 97.2 Å². The van der Waals surface area contributed by atoms with Crippen LogP contribution < -0.4 is 10.5 Å². The summed E-state index contributed by atoms with van der Waals surface area (Å²) in [5.74, 6) is 0.145. The Kier molecular flexibility index (Phi) is 3.61. The van der Waals surface area contributed by atoms with Crippen LogP contribution in [-0.4, -0.2) is 26.8 Å². The number of nitrogens with zero attached hydrogens (tertiary/aromatic N) is 4. The minimum absolute atomic E-state index is 0.0749. The minimum atomic E-state index is -0.415. The Bertz CT molecular complexity index is 487. The maximum atomic E-state index is 13.2. The van der Waals surface area contributed by atoms with Crippen molar-refractivity contribution in [3.05, 3.63) is 35.9 Å². The normalized spacial score (nSPS) is 10.5. The van der Waals surface area contributed by atoms with Crippen LogP contribution in [0, 0.1) is 5.82 Å². The summed E-state index contributed by atoms with van der Waals surface area (Å²) in [4.78, 5) is 1.38. The fraction of sp³-hybridized carbons (Fsp3) is 0.300. The second-order valence-corrected chi connectivity index (χ2v) is 3.31. The van der Waals surface area contributed by atoms with Gasteiger partial charge in [-0.1, -0.05) is 12.1 Å². The molecule has 1 aromatic heterocycles. The second-order valence-electron chi connectivity index (χ2n) is 3.31. The molecule has 1 heterocycles. The summed E-state index contributed by atoms with van der Waals surface area (Å²) in [7, 11) is 0. The van der Waals surface area contributed by atoms with E-state index in [1.165, 1.54) is 10.9 Å². The smallest absolute Gasteiger partial charge is 0.212 e. The number of aromatic nitrogens is 4. The first-order valence-corrected chi connectivity index (χ1v) is 5.13. The van der Waals surface area contributed by atoms with Gasteiger partial charge in [0.05, 0.1) is 6.54 Å². The number of para-hydroxylation sites is 1. The van der Waals surface area contributed by atoms with Crippen molar-refractivity contribution in [2.75, 3.05) is 6.54 Å². The van der Waals surface area contributed by atoms with Crippen LogP contribution in [0.15, 0.2) is 24.3 Å². The lowest BCUT2D eigenvalue weighted by Gasteiger charge is -2.03. The third kappa shape index (κ3) is 2.97. The van der Waals surface area contributed by atoms with Gasteiger partial charge in [-0.15, -0.1) is 10.2 Å². The molecule has 1 aromatic carbocycles. The first-order valence-electron chi connectivity index (χ1n) is 5.13. The van der Waals surface area contributed by atoms with Gasteiger partial charge >= 0.3 is 0 Å². The number of hydrogen-bond acceptors (Lipinski definition) is 5. The summed E-state index contributed by atoms with van der Waals surface area (Å²) in [6.45, 7) is 1.00. The maximum absolute atomic E-state index is 13.2. The predicted octanol–water partition coefficient (Wildman–Crippen LogP) is 0.350. The van der Waals surface area contributed by atoms with E-state index in [4.69, 9.17) is 10.5 Å². The topological polar surface area (TPSA) is 78.9 Å². The molecule has 0 saturated carbocycles. The zero-order chi connectivity index (χ0) is 12.1. The van der Waals surface area contributed by atoms with Gasteiger partial charge in [0.1, 0.15) is 0 Å². The van der Waals surface area contributed by atoms with Gasteiger partial charge < -0.3 is 10.5 Å². The van der Waals surface area contributed by atoms with Crippen molar-refractivity contribution in [2.24, 2.45) is 5.73 Å². The zero-order valence-electron chi connectivity index (χ0n) is 9.08. The highest BCUT2D eigenvalue weighted by atomic mass is 19.1. The van der Waals surface area contributed by atoms with Crippen molar-refractivity contribution < 1.29 is 9.13 Å². The molecule has 0 spiro atoms. The highest BCUT2D eigenvalue weighted by molar-refractivity contribution is 5.23. The van der Waals surface area contributed by atoms with Gasteiger partial charge in [0, 0.05) is 6.54 Å². The van der Waals surface area contributed by atoms with Gasteiger partial charge in [-0.3, -0.25) is 0 Å². The Hall–Kier alpha value is -2.02. The van der Waals surface area contributed by atoms with Crippen LogP contribution in [0.1, 0.15) is 5.82 Å². The summed E-state index contributed by atoms with van der Waals surface area (Å²) in [5.41, 5.74) is 5.35. The quantitative estimate of drug-likeness (QED) is 0.811. The van der Waals surface area contributed by atoms with Crippen molar-refractivity contribution in [3.63, 3.8) is 0 Å². The number of nitrogens with two attached hydrogens (primary N) is 1. The highest BCUT2D eigenvalue weighted by Gasteiger charge is 2.05. The molecule has 7 heteroatoms. The summed E-state index contributed by atoms with van der Waals surface area (Å²) in [6.07, 6.45) is 0. The van der Waals surface area contributed by atoms with E-state index in [2.05, 4.69) is 15.4 Å². The monoisotopic (exact) mass is 237 g/mol. The first-order chi connectivity index (χ1) is 8.29. The van der Waals surface area contributed by atoms with E-state index < -0.39 is 5.82 Å².